The first-order valence-corrected chi connectivity index (χ1v) is 8.71. The molecule has 1 N–H and O–H groups in total. The maximum Gasteiger partial charge on any atom is 0.283 e. The molecule has 1 unspecified atom stereocenters. The molecule has 118 valence electrons. The van der Waals surface area contributed by atoms with E-state index in [1.807, 2.05) is 6.20 Å². The summed E-state index contributed by atoms with van der Waals surface area (Å²) in [6.07, 6.45) is 6.05. The Morgan fingerprint density at radius 2 is 2.29 bits per heavy atom. The van der Waals surface area contributed by atoms with E-state index in [9.17, 15) is 4.79 Å². The maximum atomic E-state index is 12.4. The number of aryl methyl sites for hydroxylation is 1. The van der Waals surface area contributed by atoms with Gasteiger partial charge in [0.15, 0.2) is 0 Å². The van der Waals surface area contributed by atoms with Gasteiger partial charge in [0.05, 0.1) is 11.9 Å². The van der Waals surface area contributed by atoms with Crippen LogP contribution in [0.2, 0.25) is 0 Å². The Kier molecular flexibility index (Phi) is 6.23. The van der Waals surface area contributed by atoms with Crippen molar-refractivity contribution < 1.29 is 0 Å². The summed E-state index contributed by atoms with van der Waals surface area (Å²) in [7, 11) is 0. The molecule has 2 heterocycles. The Hall–Kier alpha value is -0.880. The summed E-state index contributed by atoms with van der Waals surface area (Å²) in [5.74, 6) is 0. The van der Waals surface area contributed by atoms with Crippen LogP contribution < -0.4 is 15.8 Å². The lowest BCUT2D eigenvalue weighted by Gasteiger charge is -2.30. The monoisotopic (exact) mass is 356 g/mol. The van der Waals surface area contributed by atoms with Gasteiger partial charge < -0.3 is 10.2 Å². The van der Waals surface area contributed by atoms with Crippen molar-refractivity contribution in [1.82, 2.24) is 15.1 Å². The van der Waals surface area contributed by atoms with Crippen molar-refractivity contribution in [2.24, 2.45) is 0 Å². The number of nitrogens with one attached hydrogen (secondary N) is 1. The predicted molar refractivity (Wildman–Crippen MR) is 90.0 cm³/mol. The van der Waals surface area contributed by atoms with Gasteiger partial charge in [-0.1, -0.05) is 20.3 Å². The molecule has 0 amide bonds. The van der Waals surface area contributed by atoms with E-state index in [4.69, 9.17) is 0 Å². The van der Waals surface area contributed by atoms with Crippen LogP contribution in [0.5, 0.6) is 0 Å². The molecule has 1 aromatic rings. The smallest absolute Gasteiger partial charge is 0.283 e. The zero-order valence-electron chi connectivity index (χ0n) is 12.9. The molecule has 2 rings (SSSR count). The fourth-order valence-corrected chi connectivity index (χ4v) is 3.30. The molecule has 1 aromatic heterocycles. The number of anilines is 1. The maximum absolute atomic E-state index is 12.4. The lowest BCUT2D eigenvalue weighted by atomic mass is 10.2. The van der Waals surface area contributed by atoms with Gasteiger partial charge in [0, 0.05) is 25.7 Å². The third kappa shape index (κ3) is 3.86. The summed E-state index contributed by atoms with van der Waals surface area (Å²) in [4.78, 5) is 14.8. The normalized spacial score (nSPS) is 18.1. The van der Waals surface area contributed by atoms with E-state index in [0.29, 0.717) is 17.1 Å². The van der Waals surface area contributed by atoms with Gasteiger partial charge in [-0.2, -0.15) is 5.10 Å². The van der Waals surface area contributed by atoms with E-state index in [-0.39, 0.29) is 5.56 Å². The Labute approximate surface area is 134 Å². The number of hydrogen-bond acceptors (Lipinski definition) is 4. The van der Waals surface area contributed by atoms with Crippen molar-refractivity contribution in [3.8, 4) is 0 Å². The summed E-state index contributed by atoms with van der Waals surface area (Å²) >= 11 is 3.51. The number of aromatic nitrogens is 2. The Balaban J connectivity index is 2.28. The van der Waals surface area contributed by atoms with E-state index in [2.05, 4.69) is 45.1 Å². The molecule has 1 aliphatic rings. The Morgan fingerprint density at radius 1 is 1.48 bits per heavy atom. The SMILES string of the molecule is CCCCn1ncc(N(CCC)C2CCNC2)c(Br)c1=O. The minimum Gasteiger partial charge on any atom is -0.365 e. The first-order chi connectivity index (χ1) is 10.2. The summed E-state index contributed by atoms with van der Waals surface area (Å²) < 4.78 is 2.21. The van der Waals surface area contributed by atoms with Gasteiger partial charge >= 0.3 is 0 Å². The second-order valence-electron chi connectivity index (χ2n) is 5.57. The quantitative estimate of drug-likeness (QED) is 0.814. The van der Waals surface area contributed by atoms with Crippen molar-refractivity contribution in [3.05, 3.63) is 21.0 Å². The van der Waals surface area contributed by atoms with Crippen LogP contribution in [0.25, 0.3) is 0 Å². The molecule has 1 saturated heterocycles. The van der Waals surface area contributed by atoms with Crippen LogP contribution in [-0.4, -0.2) is 35.5 Å². The van der Waals surface area contributed by atoms with Gasteiger partial charge in [-0.15, -0.1) is 0 Å². The van der Waals surface area contributed by atoms with Crippen LogP contribution in [0.3, 0.4) is 0 Å². The van der Waals surface area contributed by atoms with E-state index >= 15 is 0 Å². The molecule has 1 fully saturated rings. The standard InChI is InChI=1S/C15H25BrN4O/c1-3-5-9-20-15(21)14(16)13(11-18-20)19(8-4-2)12-6-7-17-10-12/h11-12,17H,3-10H2,1-2H3. The second-order valence-corrected chi connectivity index (χ2v) is 6.36. The van der Waals surface area contributed by atoms with Crippen LogP contribution in [0.4, 0.5) is 5.69 Å². The summed E-state index contributed by atoms with van der Waals surface area (Å²) in [5, 5.41) is 7.76. The third-order valence-electron chi connectivity index (χ3n) is 3.94. The van der Waals surface area contributed by atoms with E-state index in [1.165, 1.54) is 0 Å². The van der Waals surface area contributed by atoms with E-state index < -0.39 is 0 Å². The van der Waals surface area contributed by atoms with Crippen LogP contribution in [0, 0.1) is 0 Å². The van der Waals surface area contributed by atoms with Gasteiger partial charge in [0.1, 0.15) is 4.47 Å². The molecule has 1 aliphatic heterocycles. The summed E-state index contributed by atoms with van der Waals surface area (Å²) in [5.41, 5.74) is 0.913. The number of nitrogens with zero attached hydrogens (tertiary/aromatic N) is 3. The van der Waals surface area contributed by atoms with Gasteiger partial charge in [-0.25, -0.2) is 4.68 Å². The zero-order chi connectivity index (χ0) is 15.2. The van der Waals surface area contributed by atoms with Gasteiger partial charge in [0.2, 0.25) is 0 Å². The molecule has 0 aromatic carbocycles. The number of hydrogen-bond donors (Lipinski definition) is 1. The minimum absolute atomic E-state index is 0.0204. The fourth-order valence-electron chi connectivity index (χ4n) is 2.77. The molecule has 0 aliphatic carbocycles. The number of unbranched alkanes of at least 4 members (excludes halogenated alkanes) is 1. The van der Waals surface area contributed by atoms with Crippen molar-refractivity contribution in [2.45, 2.75) is 52.1 Å². The van der Waals surface area contributed by atoms with Gasteiger partial charge in [0.25, 0.3) is 5.56 Å². The summed E-state index contributed by atoms with van der Waals surface area (Å²) in [6, 6.07) is 0.453. The molecular formula is C15H25BrN4O. The van der Waals surface area contributed by atoms with Crippen LogP contribution >= 0.6 is 15.9 Å². The molecule has 0 bridgehead atoms. The molecule has 0 spiro atoms. The number of rotatable bonds is 7. The van der Waals surface area contributed by atoms with Crippen molar-refractivity contribution >= 4 is 21.6 Å². The second kappa shape index (κ2) is 7.94. The molecule has 21 heavy (non-hydrogen) atoms. The topological polar surface area (TPSA) is 50.2 Å². The van der Waals surface area contributed by atoms with Crippen LogP contribution in [0.15, 0.2) is 15.5 Å². The molecular weight excluding hydrogens is 332 g/mol. The highest BCUT2D eigenvalue weighted by Gasteiger charge is 2.25. The highest BCUT2D eigenvalue weighted by molar-refractivity contribution is 9.10. The van der Waals surface area contributed by atoms with Gasteiger partial charge in [-0.05, 0) is 41.7 Å². The highest BCUT2D eigenvalue weighted by Crippen LogP contribution is 2.25. The first-order valence-electron chi connectivity index (χ1n) is 7.92. The van der Waals surface area contributed by atoms with Crippen molar-refractivity contribution in [3.63, 3.8) is 0 Å². The van der Waals surface area contributed by atoms with E-state index in [0.717, 1.165) is 51.0 Å². The number of halogens is 1. The van der Waals surface area contributed by atoms with Crippen LogP contribution in [0.1, 0.15) is 39.5 Å². The van der Waals surface area contributed by atoms with Crippen LogP contribution in [-0.2, 0) is 6.54 Å². The van der Waals surface area contributed by atoms with Crippen molar-refractivity contribution in [2.75, 3.05) is 24.5 Å². The molecule has 6 heteroatoms. The average Bonchev–Trinajstić information content (AvgIpc) is 3.01. The average molecular weight is 357 g/mol. The lowest BCUT2D eigenvalue weighted by molar-refractivity contribution is 0.536. The Morgan fingerprint density at radius 3 is 2.90 bits per heavy atom. The summed E-state index contributed by atoms with van der Waals surface area (Å²) in [6.45, 7) is 7.94. The largest absolute Gasteiger partial charge is 0.365 e. The Bertz CT molecular complexity index is 511. The highest BCUT2D eigenvalue weighted by atomic mass is 79.9. The molecule has 5 nitrogen and oxygen atoms in total. The minimum atomic E-state index is -0.0204. The molecule has 1 atom stereocenters. The first kappa shape index (κ1) is 16.5. The lowest BCUT2D eigenvalue weighted by Crippen LogP contribution is -2.39. The zero-order valence-corrected chi connectivity index (χ0v) is 14.5. The molecule has 0 saturated carbocycles. The third-order valence-corrected chi connectivity index (χ3v) is 4.68. The van der Waals surface area contributed by atoms with Crippen molar-refractivity contribution in [1.29, 1.82) is 0 Å². The fraction of sp³-hybridized carbons (Fsp3) is 0.733. The van der Waals surface area contributed by atoms with Gasteiger partial charge in [-0.3, -0.25) is 4.79 Å². The predicted octanol–water partition coefficient (Wildman–Crippen LogP) is 2.38. The van der Waals surface area contributed by atoms with E-state index in [1.54, 1.807) is 4.68 Å². The molecule has 0 radical (unpaired) electrons.